The maximum Gasteiger partial charge on any atom is 0.232 e. The van der Waals surface area contributed by atoms with Crippen molar-refractivity contribution >= 4 is 17.8 Å². The molecule has 3 fully saturated rings. The minimum absolute atomic E-state index is 0.0484. The minimum atomic E-state index is 0.0484. The van der Waals surface area contributed by atoms with Crippen LogP contribution in [-0.4, -0.2) is 75.5 Å². The van der Waals surface area contributed by atoms with Crippen LogP contribution in [0.25, 0.3) is 0 Å². The molecule has 1 aromatic heterocycles. The van der Waals surface area contributed by atoms with Crippen molar-refractivity contribution in [1.29, 1.82) is 0 Å². The minimum Gasteiger partial charge on any atom is -0.378 e. The summed E-state index contributed by atoms with van der Waals surface area (Å²) in [6.45, 7) is 21.1. The molecule has 4 heterocycles. The van der Waals surface area contributed by atoms with Gasteiger partial charge in [-0.2, -0.15) is 15.0 Å². The Bertz CT molecular complexity index is 772. The third-order valence-corrected chi connectivity index (χ3v) is 6.96. The zero-order valence-corrected chi connectivity index (χ0v) is 22.5. The van der Waals surface area contributed by atoms with Crippen molar-refractivity contribution in [2.45, 2.75) is 115 Å². The molecule has 0 saturated carbocycles. The van der Waals surface area contributed by atoms with Crippen LogP contribution < -0.4 is 26.2 Å². The van der Waals surface area contributed by atoms with Crippen molar-refractivity contribution in [3.63, 3.8) is 0 Å². The smallest absolute Gasteiger partial charge is 0.232 e. The summed E-state index contributed by atoms with van der Waals surface area (Å²) in [5.74, 6) is 2.04. The molecule has 0 spiro atoms. The normalized spacial score (nSPS) is 26.8. The third kappa shape index (κ3) is 6.70. The van der Waals surface area contributed by atoms with Crippen LogP contribution in [0.2, 0.25) is 0 Å². The van der Waals surface area contributed by atoms with E-state index in [2.05, 4.69) is 81.6 Å². The summed E-state index contributed by atoms with van der Waals surface area (Å²) in [5.41, 5.74) is 0.194. The van der Waals surface area contributed by atoms with E-state index in [1.807, 2.05) is 0 Å². The Hall–Kier alpha value is -1.71. The summed E-state index contributed by atoms with van der Waals surface area (Å²) in [5, 5.41) is 14.9. The second-order valence-corrected chi connectivity index (χ2v) is 13.2. The van der Waals surface area contributed by atoms with Crippen LogP contribution in [0.1, 0.15) is 81.1 Å². The molecule has 0 bridgehead atoms. The molecule has 192 valence electrons. The fourth-order valence-electron chi connectivity index (χ4n) is 6.61. The Morgan fingerprint density at radius 3 is 1.44 bits per heavy atom. The number of ether oxygens (including phenoxy) is 1. The van der Waals surface area contributed by atoms with Crippen molar-refractivity contribution in [3.8, 4) is 0 Å². The van der Waals surface area contributed by atoms with Gasteiger partial charge in [0, 0.05) is 47.3 Å². The Morgan fingerprint density at radius 1 is 0.676 bits per heavy atom. The molecule has 3 aliphatic heterocycles. The summed E-state index contributed by atoms with van der Waals surface area (Å²) >= 11 is 0. The fraction of sp³-hybridized carbons (Fsp3) is 0.880. The van der Waals surface area contributed by atoms with Crippen molar-refractivity contribution in [1.82, 2.24) is 25.6 Å². The van der Waals surface area contributed by atoms with E-state index in [4.69, 9.17) is 19.7 Å². The molecule has 0 radical (unpaired) electrons. The van der Waals surface area contributed by atoms with Gasteiger partial charge in [-0.3, -0.25) is 0 Å². The van der Waals surface area contributed by atoms with Gasteiger partial charge in [0.1, 0.15) is 0 Å². The van der Waals surface area contributed by atoms with E-state index in [0.29, 0.717) is 25.1 Å². The van der Waals surface area contributed by atoms with E-state index in [9.17, 15) is 0 Å². The summed E-state index contributed by atoms with van der Waals surface area (Å²) in [6, 6.07) is 0.576. The van der Waals surface area contributed by atoms with Gasteiger partial charge in [-0.15, -0.1) is 0 Å². The number of hydrogen-bond acceptors (Lipinski definition) is 9. The number of hydrogen-bond donors (Lipinski definition) is 4. The Kier molecular flexibility index (Phi) is 6.76. The van der Waals surface area contributed by atoms with E-state index < -0.39 is 0 Å². The molecule has 3 saturated heterocycles. The quantitative estimate of drug-likeness (QED) is 0.513. The number of piperidine rings is 2. The molecule has 3 aliphatic rings. The van der Waals surface area contributed by atoms with Crippen LogP contribution in [-0.2, 0) is 4.74 Å². The van der Waals surface area contributed by atoms with Gasteiger partial charge in [0.2, 0.25) is 17.8 Å². The second-order valence-electron chi connectivity index (χ2n) is 13.2. The van der Waals surface area contributed by atoms with E-state index in [-0.39, 0.29) is 34.2 Å². The first-order chi connectivity index (χ1) is 15.7. The molecular weight excluding hydrogens is 428 g/mol. The average Bonchev–Trinajstić information content (AvgIpc) is 2.63. The SMILES string of the molecule is CC1(C)CC(Nc2nc(NC3CC(C)(C)NC(C)(C)C3)nc(N3CCOCC3)n2)CC(C)(C)N1. The molecule has 0 aromatic carbocycles. The van der Waals surface area contributed by atoms with E-state index in [1.165, 1.54) is 0 Å². The Labute approximate surface area is 205 Å². The van der Waals surface area contributed by atoms with Crippen molar-refractivity contribution in [2.24, 2.45) is 0 Å². The molecule has 9 heteroatoms. The lowest BCUT2D eigenvalue weighted by Gasteiger charge is -2.47. The largest absolute Gasteiger partial charge is 0.378 e. The number of morpholine rings is 1. The van der Waals surface area contributed by atoms with Crippen molar-refractivity contribution in [2.75, 3.05) is 41.8 Å². The Morgan fingerprint density at radius 2 is 1.06 bits per heavy atom. The van der Waals surface area contributed by atoms with Gasteiger partial charge < -0.3 is 30.9 Å². The van der Waals surface area contributed by atoms with Gasteiger partial charge in [-0.25, -0.2) is 0 Å². The molecule has 4 N–H and O–H groups in total. The van der Waals surface area contributed by atoms with Gasteiger partial charge in [-0.05, 0) is 81.1 Å². The van der Waals surface area contributed by atoms with E-state index in [0.717, 1.165) is 44.7 Å². The van der Waals surface area contributed by atoms with Gasteiger partial charge in [-0.1, -0.05) is 0 Å². The van der Waals surface area contributed by atoms with Crippen LogP contribution in [0, 0.1) is 0 Å². The summed E-state index contributed by atoms with van der Waals surface area (Å²) in [6.07, 6.45) is 4.03. The van der Waals surface area contributed by atoms with Crippen LogP contribution in [0.4, 0.5) is 17.8 Å². The number of rotatable bonds is 5. The lowest BCUT2D eigenvalue weighted by atomic mass is 9.79. The second kappa shape index (κ2) is 9.06. The number of nitrogens with one attached hydrogen (secondary N) is 4. The lowest BCUT2D eigenvalue weighted by molar-refractivity contribution is 0.122. The topological polar surface area (TPSA) is 99.3 Å². The van der Waals surface area contributed by atoms with Crippen molar-refractivity contribution < 1.29 is 4.74 Å². The van der Waals surface area contributed by atoms with Crippen LogP contribution in [0.3, 0.4) is 0 Å². The van der Waals surface area contributed by atoms with Crippen molar-refractivity contribution in [3.05, 3.63) is 0 Å². The maximum absolute atomic E-state index is 5.56. The van der Waals surface area contributed by atoms with Gasteiger partial charge in [0.05, 0.1) is 13.2 Å². The molecule has 1 aromatic rings. The fourth-order valence-corrected chi connectivity index (χ4v) is 6.61. The summed E-state index contributed by atoms with van der Waals surface area (Å²) in [7, 11) is 0. The first-order valence-corrected chi connectivity index (χ1v) is 12.9. The van der Waals surface area contributed by atoms with Crippen LogP contribution in [0.15, 0.2) is 0 Å². The molecule has 0 atom stereocenters. The van der Waals surface area contributed by atoms with E-state index >= 15 is 0 Å². The standard InChI is InChI=1S/C25H46N8O/c1-22(2)13-17(14-23(3,4)31-22)26-19-28-20(30-21(29-19)33-9-11-34-12-10-33)27-18-15-24(5,6)32-25(7,8)16-18/h17-18,31-32H,9-16H2,1-8H3,(H2,26,27,28,29,30). The zero-order valence-electron chi connectivity index (χ0n) is 22.5. The predicted octanol–water partition coefficient (Wildman–Crippen LogP) is 3.15. The molecule has 34 heavy (non-hydrogen) atoms. The summed E-state index contributed by atoms with van der Waals surface area (Å²) < 4.78 is 5.56. The molecular formula is C25H46N8O. The first-order valence-electron chi connectivity index (χ1n) is 12.9. The van der Waals surface area contributed by atoms with Crippen LogP contribution >= 0.6 is 0 Å². The highest BCUT2D eigenvalue weighted by molar-refractivity contribution is 5.45. The highest BCUT2D eigenvalue weighted by Crippen LogP contribution is 2.32. The zero-order chi connectivity index (χ0) is 24.8. The monoisotopic (exact) mass is 474 g/mol. The number of aromatic nitrogens is 3. The maximum atomic E-state index is 5.56. The highest BCUT2D eigenvalue weighted by atomic mass is 16.5. The molecule has 9 nitrogen and oxygen atoms in total. The third-order valence-electron chi connectivity index (χ3n) is 6.96. The first kappa shape index (κ1) is 25.4. The van der Waals surface area contributed by atoms with Gasteiger partial charge >= 0.3 is 0 Å². The highest BCUT2D eigenvalue weighted by Gasteiger charge is 2.39. The van der Waals surface area contributed by atoms with Crippen LogP contribution in [0.5, 0.6) is 0 Å². The average molecular weight is 475 g/mol. The number of nitrogens with zero attached hydrogens (tertiary/aromatic N) is 4. The van der Waals surface area contributed by atoms with Gasteiger partial charge in [0.25, 0.3) is 0 Å². The Balaban J connectivity index is 1.58. The molecule has 0 aliphatic carbocycles. The van der Waals surface area contributed by atoms with Gasteiger partial charge in [0.15, 0.2) is 0 Å². The summed E-state index contributed by atoms with van der Waals surface area (Å²) in [4.78, 5) is 16.8. The molecule has 4 rings (SSSR count). The van der Waals surface area contributed by atoms with E-state index in [1.54, 1.807) is 0 Å². The number of anilines is 3. The molecule has 0 amide bonds. The predicted molar refractivity (Wildman–Crippen MR) is 139 cm³/mol. The lowest BCUT2D eigenvalue weighted by Crippen LogP contribution is -2.60. The molecule has 0 unspecified atom stereocenters.